The number of hydrogen-bond acceptors (Lipinski definition) is 3. The van der Waals surface area contributed by atoms with Gasteiger partial charge in [0.15, 0.2) is 5.43 Å². The number of hydrogen-bond donors (Lipinski definition) is 0. The van der Waals surface area contributed by atoms with Gasteiger partial charge in [0.25, 0.3) is 0 Å². The Morgan fingerprint density at radius 2 is 2.00 bits per heavy atom. The van der Waals surface area contributed by atoms with Crippen molar-refractivity contribution >= 4 is 16.7 Å². The Bertz CT molecular complexity index is 555. The van der Waals surface area contributed by atoms with Crippen LogP contribution in [-0.4, -0.2) is 14.1 Å². The van der Waals surface area contributed by atoms with E-state index in [0.29, 0.717) is 11.0 Å². The van der Waals surface area contributed by atoms with Gasteiger partial charge in [-0.05, 0) is 24.6 Å². The molecule has 0 spiro atoms. The number of fused-ring (bicyclic) bond motifs is 1. The molecule has 0 aliphatic rings. The third-order valence-corrected chi connectivity index (χ3v) is 2.37. The van der Waals surface area contributed by atoms with Gasteiger partial charge in [-0.3, -0.25) is 4.79 Å². The molecule has 2 aromatic rings. The van der Waals surface area contributed by atoms with Crippen LogP contribution in [0.5, 0.6) is 0 Å². The Balaban J connectivity index is 2.94. The number of nitrogens with zero attached hydrogens (tertiary/aromatic N) is 1. The lowest BCUT2D eigenvalue weighted by atomic mass is 10.1. The quantitative estimate of drug-likeness (QED) is 0.712. The van der Waals surface area contributed by atoms with Crippen molar-refractivity contribution < 1.29 is 4.42 Å². The SMILES string of the molecule is Cc1cc(N(C)C)c2c(=O)ccoc2c1. The first-order valence-corrected chi connectivity index (χ1v) is 4.79. The fraction of sp³-hybridized carbons (Fsp3) is 0.250. The summed E-state index contributed by atoms with van der Waals surface area (Å²) in [6.07, 6.45) is 1.43. The lowest BCUT2D eigenvalue weighted by Crippen LogP contribution is -2.13. The maximum absolute atomic E-state index is 11.7. The average molecular weight is 203 g/mol. The molecule has 15 heavy (non-hydrogen) atoms. The molecule has 0 atom stereocenters. The van der Waals surface area contributed by atoms with E-state index >= 15 is 0 Å². The zero-order valence-electron chi connectivity index (χ0n) is 9.07. The van der Waals surface area contributed by atoms with E-state index in [-0.39, 0.29) is 5.43 Å². The summed E-state index contributed by atoms with van der Waals surface area (Å²) in [5.74, 6) is 0. The van der Waals surface area contributed by atoms with Gasteiger partial charge in [0, 0.05) is 20.2 Å². The van der Waals surface area contributed by atoms with Crippen molar-refractivity contribution in [3.05, 3.63) is 40.2 Å². The van der Waals surface area contributed by atoms with Crippen LogP contribution in [0.3, 0.4) is 0 Å². The minimum atomic E-state index is -0.0000463. The predicted octanol–water partition coefficient (Wildman–Crippen LogP) is 2.17. The van der Waals surface area contributed by atoms with Crippen molar-refractivity contribution in [2.24, 2.45) is 0 Å². The number of rotatable bonds is 1. The van der Waals surface area contributed by atoms with Crippen molar-refractivity contribution in [2.45, 2.75) is 6.92 Å². The van der Waals surface area contributed by atoms with Crippen LogP contribution in [0.1, 0.15) is 5.56 Å². The molecule has 0 N–H and O–H groups in total. The molecule has 0 radical (unpaired) electrons. The highest BCUT2D eigenvalue weighted by Crippen LogP contribution is 2.24. The Labute approximate surface area is 87.9 Å². The maximum atomic E-state index is 11.7. The highest BCUT2D eigenvalue weighted by molar-refractivity contribution is 5.90. The molecule has 1 aromatic heterocycles. The summed E-state index contributed by atoms with van der Waals surface area (Å²) in [5, 5.41) is 0.646. The van der Waals surface area contributed by atoms with Crippen molar-refractivity contribution in [2.75, 3.05) is 19.0 Å². The number of benzene rings is 1. The van der Waals surface area contributed by atoms with E-state index in [0.717, 1.165) is 11.3 Å². The molecular weight excluding hydrogens is 190 g/mol. The summed E-state index contributed by atoms with van der Waals surface area (Å²) < 4.78 is 5.34. The number of aryl methyl sites for hydroxylation is 1. The van der Waals surface area contributed by atoms with E-state index < -0.39 is 0 Å². The molecule has 78 valence electrons. The second-order valence-corrected chi connectivity index (χ2v) is 3.84. The van der Waals surface area contributed by atoms with Gasteiger partial charge in [0.1, 0.15) is 5.58 Å². The molecule has 0 unspecified atom stereocenters. The van der Waals surface area contributed by atoms with Gasteiger partial charge in [-0.15, -0.1) is 0 Å². The van der Waals surface area contributed by atoms with Crippen molar-refractivity contribution in [3.63, 3.8) is 0 Å². The van der Waals surface area contributed by atoms with Crippen molar-refractivity contribution in [3.8, 4) is 0 Å². The zero-order chi connectivity index (χ0) is 11.0. The van der Waals surface area contributed by atoms with Crippen LogP contribution in [0.4, 0.5) is 5.69 Å². The third-order valence-electron chi connectivity index (χ3n) is 2.37. The lowest BCUT2D eigenvalue weighted by molar-refractivity contribution is 0.602. The van der Waals surface area contributed by atoms with E-state index in [9.17, 15) is 4.79 Å². The Kier molecular flexibility index (Phi) is 2.23. The fourth-order valence-electron chi connectivity index (χ4n) is 1.68. The first kappa shape index (κ1) is 9.77. The van der Waals surface area contributed by atoms with Crippen LogP contribution in [0.25, 0.3) is 11.0 Å². The van der Waals surface area contributed by atoms with Crippen LogP contribution in [-0.2, 0) is 0 Å². The number of anilines is 1. The van der Waals surface area contributed by atoms with E-state index in [2.05, 4.69) is 0 Å². The van der Waals surface area contributed by atoms with Crippen molar-refractivity contribution in [1.29, 1.82) is 0 Å². The van der Waals surface area contributed by atoms with Crippen LogP contribution >= 0.6 is 0 Å². The van der Waals surface area contributed by atoms with Gasteiger partial charge in [0.05, 0.1) is 17.3 Å². The molecule has 3 heteroatoms. The molecule has 0 fully saturated rings. The maximum Gasteiger partial charge on any atom is 0.194 e. The Morgan fingerprint density at radius 1 is 1.27 bits per heavy atom. The molecule has 3 nitrogen and oxygen atoms in total. The van der Waals surface area contributed by atoms with Gasteiger partial charge >= 0.3 is 0 Å². The molecular formula is C12H13NO2. The summed E-state index contributed by atoms with van der Waals surface area (Å²) in [4.78, 5) is 13.7. The first-order chi connectivity index (χ1) is 7.09. The van der Waals surface area contributed by atoms with Gasteiger partial charge in [-0.25, -0.2) is 0 Å². The van der Waals surface area contributed by atoms with Gasteiger partial charge in [-0.1, -0.05) is 0 Å². The van der Waals surface area contributed by atoms with Gasteiger partial charge < -0.3 is 9.32 Å². The minimum Gasteiger partial charge on any atom is -0.464 e. The van der Waals surface area contributed by atoms with Crippen LogP contribution < -0.4 is 10.3 Å². The van der Waals surface area contributed by atoms with Crippen LogP contribution in [0.15, 0.2) is 33.7 Å². The van der Waals surface area contributed by atoms with Crippen LogP contribution in [0.2, 0.25) is 0 Å². The van der Waals surface area contributed by atoms with E-state index in [1.54, 1.807) is 0 Å². The summed E-state index contributed by atoms with van der Waals surface area (Å²) in [5.41, 5.74) is 2.63. The molecule has 0 aliphatic carbocycles. The van der Waals surface area contributed by atoms with E-state index in [4.69, 9.17) is 4.42 Å². The van der Waals surface area contributed by atoms with E-state index in [1.807, 2.05) is 38.1 Å². The minimum absolute atomic E-state index is 0.0000463. The summed E-state index contributed by atoms with van der Waals surface area (Å²) >= 11 is 0. The topological polar surface area (TPSA) is 33.5 Å². The Morgan fingerprint density at radius 3 is 2.67 bits per heavy atom. The molecule has 2 rings (SSSR count). The van der Waals surface area contributed by atoms with Gasteiger partial charge in [0.2, 0.25) is 0 Å². The van der Waals surface area contributed by atoms with Crippen molar-refractivity contribution in [1.82, 2.24) is 0 Å². The molecule has 0 bridgehead atoms. The molecule has 0 saturated carbocycles. The van der Waals surface area contributed by atoms with Crippen LogP contribution in [0, 0.1) is 6.92 Å². The molecule has 1 heterocycles. The van der Waals surface area contributed by atoms with E-state index in [1.165, 1.54) is 12.3 Å². The highest BCUT2D eigenvalue weighted by Gasteiger charge is 2.08. The monoisotopic (exact) mass is 203 g/mol. The average Bonchev–Trinajstić information content (AvgIpc) is 2.16. The summed E-state index contributed by atoms with van der Waals surface area (Å²) in [6, 6.07) is 5.31. The second-order valence-electron chi connectivity index (χ2n) is 3.84. The third kappa shape index (κ3) is 1.61. The largest absolute Gasteiger partial charge is 0.464 e. The predicted molar refractivity (Wildman–Crippen MR) is 61.5 cm³/mol. The summed E-state index contributed by atoms with van der Waals surface area (Å²) in [7, 11) is 3.83. The molecule has 0 aliphatic heterocycles. The molecule has 0 saturated heterocycles. The smallest absolute Gasteiger partial charge is 0.194 e. The first-order valence-electron chi connectivity index (χ1n) is 4.79. The second kappa shape index (κ2) is 3.42. The normalized spacial score (nSPS) is 10.6. The standard InChI is InChI=1S/C12H13NO2/c1-8-6-9(13(2)3)12-10(14)4-5-15-11(12)7-8/h4-7H,1-3H3. The Hall–Kier alpha value is -1.77. The van der Waals surface area contributed by atoms with Gasteiger partial charge in [-0.2, -0.15) is 0 Å². The molecule has 1 aromatic carbocycles. The molecule has 0 amide bonds. The zero-order valence-corrected chi connectivity index (χ0v) is 9.07. The highest BCUT2D eigenvalue weighted by atomic mass is 16.3. The fourth-order valence-corrected chi connectivity index (χ4v) is 1.68. The summed E-state index contributed by atoms with van der Waals surface area (Å²) in [6.45, 7) is 1.99. The lowest BCUT2D eigenvalue weighted by Gasteiger charge is -2.15.